The molecule has 3 aromatic rings. The standard InChI is InChI=1S/C27H22Cl2F3N3O4/c1-26(2,3)39-25(38)34-8-4-5-14-9-16(28)11-19(23(14)36)22-12-17(20(13-33)24(37)35-22)18-10-15(27(30,31)32)6-7-21(18)29/h4-7,9-12,36H,8H2,1-3H3,(H,34,38)(H,35,37)/b5-4+. The van der Waals surface area contributed by atoms with Gasteiger partial charge in [-0.05, 0) is 57.2 Å². The Balaban J connectivity index is 2.06. The number of phenols is 1. The van der Waals surface area contributed by atoms with Gasteiger partial charge in [-0.25, -0.2) is 4.79 Å². The van der Waals surface area contributed by atoms with Crippen molar-refractivity contribution >= 4 is 35.4 Å². The zero-order valence-electron chi connectivity index (χ0n) is 20.8. The number of nitrogens with one attached hydrogen (secondary N) is 2. The number of alkyl halides is 3. The monoisotopic (exact) mass is 579 g/mol. The van der Waals surface area contributed by atoms with Crippen LogP contribution in [0.15, 0.2) is 47.3 Å². The van der Waals surface area contributed by atoms with E-state index in [1.807, 2.05) is 0 Å². The summed E-state index contributed by atoms with van der Waals surface area (Å²) < 4.78 is 45.2. The number of pyridine rings is 1. The van der Waals surface area contributed by atoms with Gasteiger partial charge in [0.25, 0.3) is 5.56 Å². The van der Waals surface area contributed by atoms with Gasteiger partial charge in [0, 0.05) is 38.8 Å². The lowest BCUT2D eigenvalue weighted by atomic mass is 9.96. The van der Waals surface area contributed by atoms with E-state index in [1.165, 1.54) is 30.4 Å². The molecule has 0 bridgehead atoms. The second kappa shape index (κ2) is 11.4. The number of aromatic nitrogens is 1. The Morgan fingerprint density at radius 2 is 1.82 bits per heavy atom. The predicted octanol–water partition coefficient (Wildman–Crippen LogP) is 7.15. The van der Waals surface area contributed by atoms with Gasteiger partial charge in [-0.15, -0.1) is 0 Å². The van der Waals surface area contributed by atoms with Crippen LogP contribution in [0.4, 0.5) is 18.0 Å². The van der Waals surface area contributed by atoms with Gasteiger partial charge in [-0.3, -0.25) is 4.79 Å². The highest BCUT2D eigenvalue weighted by Crippen LogP contribution is 2.39. The van der Waals surface area contributed by atoms with Crippen LogP contribution in [0.3, 0.4) is 0 Å². The number of nitrogens with zero attached hydrogens (tertiary/aromatic N) is 1. The van der Waals surface area contributed by atoms with E-state index in [9.17, 15) is 33.1 Å². The van der Waals surface area contributed by atoms with Gasteiger partial charge in [-0.1, -0.05) is 35.4 Å². The number of alkyl carbamates (subject to hydrolysis) is 1. The maximum Gasteiger partial charge on any atom is 0.416 e. The first-order valence-electron chi connectivity index (χ1n) is 11.3. The zero-order valence-corrected chi connectivity index (χ0v) is 22.3. The molecule has 0 aliphatic heterocycles. The third kappa shape index (κ3) is 7.34. The van der Waals surface area contributed by atoms with E-state index in [0.29, 0.717) is 0 Å². The number of amides is 1. The van der Waals surface area contributed by atoms with Crippen LogP contribution in [-0.2, 0) is 10.9 Å². The molecule has 1 amide bonds. The van der Waals surface area contributed by atoms with Gasteiger partial charge in [0.2, 0.25) is 0 Å². The number of H-pyrrole nitrogens is 1. The molecule has 3 N–H and O–H groups in total. The molecule has 1 aromatic heterocycles. The van der Waals surface area contributed by atoms with Gasteiger partial charge in [-0.2, -0.15) is 18.4 Å². The minimum absolute atomic E-state index is 0.0241. The van der Waals surface area contributed by atoms with E-state index >= 15 is 0 Å². The van der Waals surface area contributed by atoms with Crippen molar-refractivity contribution in [3.05, 3.63) is 79.6 Å². The van der Waals surface area contributed by atoms with Crippen LogP contribution in [0.5, 0.6) is 5.75 Å². The fraction of sp³-hybridized carbons (Fsp3) is 0.222. The van der Waals surface area contributed by atoms with Crippen LogP contribution in [0, 0.1) is 11.3 Å². The van der Waals surface area contributed by atoms with Crippen molar-refractivity contribution in [2.75, 3.05) is 6.54 Å². The van der Waals surface area contributed by atoms with E-state index in [-0.39, 0.29) is 50.3 Å². The molecule has 39 heavy (non-hydrogen) atoms. The van der Waals surface area contributed by atoms with Gasteiger partial charge in [0.1, 0.15) is 23.0 Å². The average molecular weight is 580 g/mol. The highest BCUT2D eigenvalue weighted by Gasteiger charge is 2.31. The largest absolute Gasteiger partial charge is 0.507 e. The van der Waals surface area contributed by atoms with Crippen molar-refractivity contribution in [1.82, 2.24) is 10.3 Å². The molecule has 0 saturated heterocycles. The Bertz CT molecular complexity index is 1550. The van der Waals surface area contributed by atoms with Crippen LogP contribution in [0.1, 0.15) is 37.5 Å². The number of phenolic OH excluding ortho intramolecular Hbond substituents is 1. The lowest BCUT2D eigenvalue weighted by molar-refractivity contribution is -0.137. The van der Waals surface area contributed by atoms with Crippen molar-refractivity contribution in [3.8, 4) is 34.2 Å². The molecule has 0 aliphatic rings. The number of benzene rings is 2. The fourth-order valence-corrected chi connectivity index (χ4v) is 3.98. The zero-order chi connectivity index (χ0) is 29.1. The summed E-state index contributed by atoms with van der Waals surface area (Å²) in [5.41, 5.74) is -3.19. The summed E-state index contributed by atoms with van der Waals surface area (Å²) in [5, 5.41) is 23.0. The molecular formula is C27H22Cl2F3N3O4. The van der Waals surface area contributed by atoms with E-state index < -0.39 is 34.6 Å². The number of aromatic amines is 1. The molecule has 0 unspecified atom stereocenters. The Morgan fingerprint density at radius 1 is 1.13 bits per heavy atom. The molecule has 2 aromatic carbocycles. The first kappa shape index (κ1) is 29.6. The molecular weight excluding hydrogens is 558 g/mol. The molecule has 204 valence electrons. The molecule has 7 nitrogen and oxygen atoms in total. The fourth-order valence-electron chi connectivity index (χ4n) is 3.53. The smallest absolute Gasteiger partial charge is 0.416 e. The van der Waals surface area contributed by atoms with Crippen molar-refractivity contribution in [3.63, 3.8) is 0 Å². The lowest BCUT2D eigenvalue weighted by Crippen LogP contribution is -2.32. The number of carbonyl (C=O) groups is 1. The number of ether oxygens (including phenoxy) is 1. The number of hydrogen-bond acceptors (Lipinski definition) is 5. The molecule has 0 radical (unpaired) electrons. The Morgan fingerprint density at radius 3 is 2.44 bits per heavy atom. The predicted molar refractivity (Wildman–Crippen MR) is 143 cm³/mol. The highest BCUT2D eigenvalue weighted by molar-refractivity contribution is 6.33. The Labute approximate surface area is 231 Å². The highest BCUT2D eigenvalue weighted by atomic mass is 35.5. The quantitative estimate of drug-likeness (QED) is 0.297. The number of hydrogen-bond donors (Lipinski definition) is 3. The van der Waals surface area contributed by atoms with Crippen LogP contribution in [0.25, 0.3) is 28.5 Å². The van der Waals surface area contributed by atoms with E-state index in [0.717, 1.165) is 18.2 Å². The minimum Gasteiger partial charge on any atom is -0.507 e. The molecule has 0 atom stereocenters. The van der Waals surface area contributed by atoms with Gasteiger partial charge < -0.3 is 20.1 Å². The topological polar surface area (TPSA) is 115 Å². The van der Waals surface area contributed by atoms with Crippen molar-refractivity contribution < 1.29 is 27.8 Å². The molecule has 0 fully saturated rings. The second-order valence-electron chi connectivity index (χ2n) is 9.28. The maximum absolute atomic E-state index is 13.3. The number of rotatable bonds is 5. The van der Waals surface area contributed by atoms with Gasteiger partial charge in [0.05, 0.1) is 11.3 Å². The molecule has 0 saturated carbocycles. The number of carbonyl (C=O) groups excluding carboxylic acids is 1. The van der Waals surface area contributed by atoms with E-state index in [4.69, 9.17) is 27.9 Å². The first-order valence-corrected chi connectivity index (χ1v) is 12.1. The van der Waals surface area contributed by atoms with E-state index in [1.54, 1.807) is 26.8 Å². The van der Waals surface area contributed by atoms with Crippen molar-refractivity contribution in [1.29, 1.82) is 5.26 Å². The summed E-state index contributed by atoms with van der Waals surface area (Å²) in [6.07, 6.45) is -2.34. The van der Waals surface area contributed by atoms with Gasteiger partial charge >= 0.3 is 12.3 Å². The average Bonchev–Trinajstić information content (AvgIpc) is 2.81. The Kier molecular flexibility index (Phi) is 8.68. The lowest BCUT2D eigenvalue weighted by Gasteiger charge is -2.19. The number of aromatic hydroxyl groups is 1. The molecule has 0 aliphatic carbocycles. The molecule has 1 heterocycles. The third-order valence-electron chi connectivity index (χ3n) is 5.18. The summed E-state index contributed by atoms with van der Waals surface area (Å²) in [6, 6.07) is 8.24. The Hall–Kier alpha value is -3.94. The summed E-state index contributed by atoms with van der Waals surface area (Å²) >= 11 is 12.4. The van der Waals surface area contributed by atoms with E-state index in [2.05, 4.69) is 10.3 Å². The minimum atomic E-state index is -4.69. The van der Waals surface area contributed by atoms with Crippen molar-refractivity contribution in [2.24, 2.45) is 0 Å². The number of nitriles is 1. The van der Waals surface area contributed by atoms with Crippen LogP contribution < -0.4 is 10.9 Å². The van der Waals surface area contributed by atoms with Crippen LogP contribution in [-0.4, -0.2) is 28.3 Å². The molecule has 0 spiro atoms. The summed E-state index contributed by atoms with van der Waals surface area (Å²) in [4.78, 5) is 27.0. The van der Waals surface area contributed by atoms with Crippen molar-refractivity contribution in [2.45, 2.75) is 32.5 Å². The summed E-state index contributed by atoms with van der Waals surface area (Å²) in [6.45, 7) is 5.21. The second-order valence-corrected chi connectivity index (χ2v) is 10.1. The van der Waals surface area contributed by atoms with Crippen LogP contribution >= 0.6 is 23.2 Å². The third-order valence-corrected chi connectivity index (χ3v) is 5.73. The summed E-state index contributed by atoms with van der Waals surface area (Å²) in [7, 11) is 0. The summed E-state index contributed by atoms with van der Waals surface area (Å²) in [5.74, 6) is -0.325. The number of halogens is 5. The van der Waals surface area contributed by atoms with Gasteiger partial charge in [0.15, 0.2) is 0 Å². The molecule has 12 heteroatoms. The first-order chi connectivity index (χ1) is 18.1. The SMILES string of the molecule is CC(C)(C)OC(=O)NC/C=C/c1cc(Cl)cc(-c2cc(-c3cc(C(F)(F)F)ccc3Cl)c(C#N)c(=O)[nH]2)c1O. The maximum atomic E-state index is 13.3. The molecule has 3 rings (SSSR count). The van der Waals surface area contributed by atoms with Crippen LogP contribution in [0.2, 0.25) is 10.0 Å². The normalized spacial score (nSPS) is 11.9.